The van der Waals surface area contributed by atoms with Crippen LogP contribution >= 0.6 is 22.6 Å². The average Bonchev–Trinajstić information content (AvgIpc) is 1.97. The fourth-order valence-corrected chi connectivity index (χ4v) is 1.34. The normalized spacial score (nSPS) is 10.8. The summed E-state index contributed by atoms with van der Waals surface area (Å²) >= 11 is 1.83. The van der Waals surface area contributed by atoms with Gasteiger partial charge < -0.3 is 5.73 Å². The van der Waals surface area contributed by atoms with Crippen molar-refractivity contribution >= 4 is 28.3 Å². The summed E-state index contributed by atoms with van der Waals surface area (Å²) in [6.07, 6.45) is -1.12. The second-order valence-corrected chi connectivity index (χ2v) is 3.38. The van der Waals surface area contributed by atoms with E-state index in [0.717, 1.165) is 0 Å². The molecule has 0 saturated heterocycles. The number of pyridine rings is 1. The molecule has 0 spiro atoms. The molecular weight excluding hydrogens is 277 g/mol. The van der Waals surface area contributed by atoms with Gasteiger partial charge in [-0.05, 0) is 35.1 Å². The van der Waals surface area contributed by atoms with Gasteiger partial charge in [-0.15, -0.1) is 0 Å². The third kappa shape index (κ3) is 1.65. The maximum absolute atomic E-state index is 12.4. The number of hydrogen-bond donors (Lipinski definition) is 1. The lowest BCUT2D eigenvalue weighted by Gasteiger charge is -2.08. The molecule has 5 heteroatoms. The molecule has 1 aromatic rings. The van der Waals surface area contributed by atoms with Crippen LogP contribution in [0.2, 0.25) is 0 Å². The van der Waals surface area contributed by atoms with Crippen molar-refractivity contribution in [2.75, 3.05) is 5.73 Å². The smallest absolute Gasteiger partial charge is 0.266 e. The van der Waals surface area contributed by atoms with Crippen LogP contribution in [0.4, 0.5) is 14.5 Å². The molecule has 0 fully saturated rings. The van der Waals surface area contributed by atoms with Gasteiger partial charge in [0.05, 0.1) is 5.69 Å². The molecule has 0 saturated carbocycles. The van der Waals surface area contributed by atoms with E-state index in [2.05, 4.69) is 4.98 Å². The molecule has 66 valence electrons. The fourth-order valence-electron chi connectivity index (χ4n) is 0.906. The maximum Gasteiger partial charge on any atom is 0.266 e. The Morgan fingerprint density at radius 1 is 1.58 bits per heavy atom. The molecule has 1 rings (SSSR count). The number of alkyl halides is 2. The largest absolute Gasteiger partial charge is 0.396 e. The summed E-state index contributed by atoms with van der Waals surface area (Å²) in [6, 6.07) is 0. The lowest BCUT2D eigenvalue weighted by molar-refractivity contribution is 0.151. The molecule has 0 aliphatic carbocycles. The number of nitrogen functional groups attached to an aromatic ring is 1. The van der Waals surface area contributed by atoms with Crippen molar-refractivity contribution in [3.8, 4) is 0 Å². The lowest BCUT2D eigenvalue weighted by Crippen LogP contribution is -2.02. The summed E-state index contributed by atoms with van der Waals surface area (Å²) in [5.41, 5.74) is 5.85. The Kier molecular flexibility index (Phi) is 2.81. The zero-order chi connectivity index (χ0) is 9.30. The average molecular weight is 284 g/mol. The van der Waals surface area contributed by atoms with Gasteiger partial charge in [0.1, 0.15) is 3.70 Å². The molecule has 2 nitrogen and oxygen atoms in total. The molecule has 0 amide bonds. The van der Waals surface area contributed by atoms with Gasteiger partial charge in [-0.1, -0.05) is 0 Å². The van der Waals surface area contributed by atoms with E-state index in [1.54, 1.807) is 6.92 Å². The highest BCUT2D eigenvalue weighted by Gasteiger charge is 2.16. The van der Waals surface area contributed by atoms with E-state index in [4.69, 9.17) is 5.73 Å². The highest BCUT2D eigenvalue weighted by atomic mass is 127. The first kappa shape index (κ1) is 9.63. The van der Waals surface area contributed by atoms with Crippen molar-refractivity contribution in [2.24, 2.45) is 0 Å². The predicted molar refractivity (Wildman–Crippen MR) is 51.1 cm³/mol. The predicted octanol–water partition coefficient (Wildman–Crippen LogP) is 2.51. The van der Waals surface area contributed by atoms with Gasteiger partial charge in [0.15, 0.2) is 0 Å². The monoisotopic (exact) mass is 284 g/mol. The topological polar surface area (TPSA) is 38.9 Å². The van der Waals surface area contributed by atoms with Gasteiger partial charge in [-0.2, -0.15) is 0 Å². The summed E-state index contributed by atoms with van der Waals surface area (Å²) in [5, 5.41) is 0. The number of halogens is 3. The van der Waals surface area contributed by atoms with Gasteiger partial charge in [0.25, 0.3) is 6.43 Å². The highest BCUT2D eigenvalue weighted by molar-refractivity contribution is 14.1. The molecule has 1 heterocycles. The van der Waals surface area contributed by atoms with Gasteiger partial charge in [-0.3, -0.25) is 0 Å². The van der Waals surface area contributed by atoms with Crippen molar-refractivity contribution in [3.63, 3.8) is 0 Å². The fraction of sp³-hybridized carbons (Fsp3) is 0.286. The zero-order valence-corrected chi connectivity index (χ0v) is 8.47. The third-order valence-electron chi connectivity index (χ3n) is 1.53. The third-order valence-corrected chi connectivity index (χ3v) is 2.39. The molecule has 0 unspecified atom stereocenters. The van der Waals surface area contributed by atoms with E-state index < -0.39 is 6.43 Å². The van der Waals surface area contributed by atoms with Crippen LogP contribution in [-0.4, -0.2) is 4.98 Å². The van der Waals surface area contributed by atoms with E-state index >= 15 is 0 Å². The summed E-state index contributed by atoms with van der Waals surface area (Å²) in [6.45, 7) is 1.57. The molecule has 0 atom stereocenters. The van der Waals surface area contributed by atoms with Crippen LogP contribution in [0.5, 0.6) is 0 Å². The highest BCUT2D eigenvalue weighted by Crippen LogP contribution is 2.29. The van der Waals surface area contributed by atoms with Crippen LogP contribution in [0.25, 0.3) is 0 Å². The standard InChI is InChI=1S/C7H7F2IN2/c1-3-2-12-7(10)5(11)4(3)6(8)9/h2,6H,11H2,1H3. The second-order valence-electron chi connectivity index (χ2n) is 2.36. The van der Waals surface area contributed by atoms with Gasteiger partial charge in [0.2, 0.25) is 0 Å². The van der Waals surface area contributed by atoms with E-state index in [9.17, 15) is 8.78 Å². The maximum atomic E-state index is 12.4. The minimum atomic E-state index is -2.53. The Morgan fingerprint density at radius 3 is 2.58 bits per heavy atom. The van der Waals surface area contributed by atoms with Crippen molar-refractivity contribution < 1.29 is 8.78 Å². The van der Waals surface area contributed by atoms with Crippen LogP contribution in [0, 0.1) is 10.6 Å². The van der Waals surface area contributed by atoms with Crippen LogP contribution < -0.4 is 5.73 Å². The Bertz CT molecular complexity index is 302. The molecule has 0 bridgehead atoms. The molecule has 0 aliphatic heterocycles. The summed E-state index contributed by atoms with van der Waals surface area (Å²) in [7, 11) is 0. The van der Waals surface area contributed by atoms with Crippen LogP contribution in [0.3, 0.4) is 0 Å². The molecule has 0 aromatic carbocycles. The van der Waals surface area contributed by atoms with Crippen molar-refractivity contribution in [2.45, 2.75) is 13.3 Å². The van der Waals surface area contributed by atoms with E-state index in [1.807, 2.05) is 22.6 Å². The van der Waals surface area contributed by atoms with Crippen LogP contribution in [0.1, 0.15) is 17.6 Å². The summed E-state index contributed by atoms with van der Waals surface area (Å²) in [5.74, 6) is 0. The van der Waals surface area contributed by atoms with Gasteiger partial charge in [0, 0.05) is 11.8 Å². The van der Waals surface area contributed by atoms with Crippen molar-refractivity contribution in [1.29, 1.82) is 0 Å². The quantitative estimate of drug-likeness (QED) is 0.635. The molecule has 1 aromatic heterocycles. The lowest BCUT2D eigenvalue weighted by atomic mass is 10.1. The van der Waals surface area contributed by atoms with E-state index in [0.29, 0.717) is 9.26 Å². The SMILES string of the molecule is Cc1cnc(I)c(N)c1C(F)F. The number of hydrogen-bond acceptors (Lipinski definition) is 2. The first-order valence-electron chi connectivity index (χ1n) is 3.22. The first-order valence-corrected chi connectivity index (χ1v) is 4.30. The van der Waals surface area contributed by atoms with Gasteiger partial charge >= 0.3 is 0 Å². The minimum absolute atomic E-state index is 0.0885. The Morgan fingerprint density at radius 2 is 2.17 bits per heavy atom. The second kappa shape index (κ2) is 3.51. The Hall–Kier alpha value is -0.460. The van der Waals surface area contributed by atoms with Crippen molar-refractivity contribution in [1.82, 2.24) is 4.98 Å². The van der Waals surface area contributed by atoms with Crippen LogP contribution in [0.15, 0.2) is 6.20 Å². The van der Waals surface area contributed by atoms with E-state index in [-0.39, 0.29) is 11.3 Å². The molecular formula is C7H7F2IN2. The number of nitrogens with zero attached hydrogens (tertiary/aromatic N) is 1. The molecule has 0 aliphatic rings. The number of aryl methyl sites for hydroxylation is 1. The number of nitrogens with two attached hydrogens (primary N) is 1. The van der Waals surface area contributed by atoms with E-state index in [1.165, 1.54) is 6.20 Å². The molecule has 2 N–H and O–H groups in total. The first-order chi connectivity index (χ1) is 5.54. The van der Waals surface area contributed by atoms with Gasteiger partial charge in [-0.25, -0.2) is 13.8 Å². The number of aromatic nitrogens is 1. The zero-order valence-electron chi connectivity index (χ0n) is 6.31. The van der Waals surface area contributed by atoms with Crippen molar-refractivity contribution in [3.05, 3.63) is 21.0 Å². The Labute approximate surface area is 82.3 Å². The Balaban J connectivity index is 3.33. The molecule has 0 radical (unpaired) electrons. The van der Waals surface area contributed by atoms with Crippen LogP contribution in [-0.2, 0) is 0 Å². The molecule has 12 heavy (non-hydrogen) atoms. The number of anilines is 1. The summed E-state index contributed by atoms with van der Waals surface area (Å²) in [4.78, 5) is 3.85. The summed E-state index contributed by atoms with van der Waals surface area (Å²) < 4.78 is 25.1. The minimum Gasteiger partial charge on any atom is -0.396 e. The number of rotatable bonds is 1.